The number of nitrogens with zero attached hydrogens (tertiary/aromatic N) is 4. The number of carbonyl (C=O) groups is 1. The molecule has 1 saturated carbocycles. The van der Waals surface area contributed by atoms with Gasteiger partial charge in [0.05, 0.1) is 5.41 Å². The van der Waals surface area contributed by atoms with E-state index in [-0.39, 0.29) is 41.8 Å². The molecule has 3 rings (SSSR count). The molecule has 1 aliphatic rings. The third-order valence-corrected chi connectivity index (χ3v) is 5.52. The minimum atomic E-state index is -0.371. The van der Waals surface area contributed by atoms with Gasteiger partial charge in [0.1, 0.15) is 6.54 Å². The van der Waals surface area contributed by atoms with Crippen LogP contribution in [-0.2, 0) is 11.3 Å². The Kier molecular flexibility index (Phi) is 9.54. The molecule has 1 heterocycles. The number of guanidine groups is 1. The maximum atomic E-state index is 12.8. The Hall–Kier alpha value is -1.88. The molecule has 170 valence electrons. The van der Waals surface area contributed by atoms with Crippen LogP contribution in [0.3, 0.4) is 0 Å². The summed E-state index contributed by atoms with van der Waals surface area (Å²) in [6, 6.07) is 7.29. The lowest BCUT2D eigenvalue weighted by Crippen LogP contribution is -2.49. The molecule has 0 unspecified atom stereocenters. The number of hydrogen-bond donors (Lipinski definition) is 2. The molecule has 0 saturated heterocycles. The summed E-state index contributed by atoms with van der Waals surface area (Å²) in [5.41, 5.74) is 0.418. The maximum absolute atomic E-state index is 12.8. The van der Waals surface area contributed by atoms with Gasteiger partial charge in [-0.1, -0.05) is 41.7 Å². The highest BCUT2D eigenvalue weighted by atomic mass is 127. The molecule has 0 spiro atoms. The molecule has 10 heteroatoms. The van der Waals surface area contributed by atoms with Gasteiger partial charge in [-0.15, -0.1) is 24.0 Å². The molecule has 1 amide bonds. The third kappa shape index (κ3) is 6.55. The van der Waals surface area contributed by atoms with Crippen molar-refractivity contribution in [3.8, 4) is 11.4 Å². The van der Waals surface area contributed by atoms with E-state index in [1.165, 1.54) is 0 Å². The first-order valence-electron chi connectivity index (χ1n) is 10.3. The van der Waals surface area contributed by atoms with Gasteiger partial charge in [0.25, 0.3) is 0 Å². The summed E-state index contributed by atoms with van der Waals surface area (Å²) < 4.78 is 5.33. The molecule has 0 bridgehead atoms. The van der Waals surface area contributed by atoms with Crippen molar-refractivity contribution < 1.29 is 9.32 Å². The van der Waals surface area contributed by atoms with Crippen molar-refractivity contribution in [1.82, 2.24) is 25.7 Å². The minimum absolute atomic E-state index is 0. The van der Waals surface area contributed by atoms with Crippen molar-refractivity contribution >= 4 is 47.4 Å². The fraction of sp³-hybridized carbons (Fsp3) is 0.524. The second kappa shape index (κ2) is 11.7. The largest absolute Gasteiger partial charge is 0.357 e. The number of nitrogens with one attached hydrogen (secondary N) is 2. The molecular weight excluding hydrogens is 531 g/mol. The number of hydrogen-bond acceptors (Lipinski definition) is 5. The van der Waals surface area contributed by atoms with Crippen LogP contribution in [0.1, 0.15) is 38.5 Å². The SMILES string of the molecule is CCNC(=NCc1nc(-c2cccc(Cl)c2)no1)NCC1(C(=O)N(C)C)CCCC1.I. The van der Waals surface area contributed by atoms with Crippen molar-refractivity contribution in [2.24, 2.45) is 10.4 Å². The van der Waals surface area contributed by atoms with Crippen LogP contribution in [0.2, 0.25) is 5.02 Å². The van der Waals surface area contributed by atoms with Gasteiger partial charge in [0.15, 0.2) is 5.96 Å². The number of halogens is 2. The first-order valence-corrected chi connectivity index (χ1v) is 10.6. The molecule has 2 N–H and O–H groups in total. The van der Waals surface area contributed by atoms with Gasteiger partial charge in [-0.2, -0.15) is 4.98 Å². The lowest BCUT2D eigenvalue weighted by Gasteiger charge is -2.31. The molecule has 1 aliphatic carbocycles. The fourth-order valence-corrected chi connectivity index (χ4v) is 3.99. The van der Waals surface area contributed by atoms with E-state index in [1.54, 1.807) is 17.0 Å². The molecule has 31 heavy (non-hydrogen) atoms. The molecule has 1 aromatic heterocycles. The number of amides is 1. The molecule has 2 aromatic rings. The predicted molar refractivity (Wildman–Crippen MR) is 133 cm³/mol. The lowest BCUT2D eigenvalue weighted by molar-refractivity contribution is -0.138. The van der Waals surface area contributed by atoms with E-state index in [1.807, 2.05) is 33.2 Å². The highest BCUT2D eigenvalue weighted by molar-refractivity contribution is 14.0. The predicted octanol–water partition coefficient (Wildman–Crippen LogP) is 3.71. The van der Waals surface area contributed by atoms with Crippen LogP contribution >= 0.6 is 35.6 Å². The van der Waals surface area contributed by atoms with Gasteiger partial charge in [0.2, 0.25) is 17.6 Å². The zero-order valence-corrected chi connectivity index (χ0v) is 21.2. The number of rotatable bonds is 7. The fourth-order valence-electron chi connectivity index (χ4n) is 3.80. The van der Waals surface area contributed by atoms with Gasteiger partial charge in [0, 0.05) is 37.8 Å². The zero-order valence-electron chi connectivity index (χ0n) is 18.2. The van der Waals surface area contributed by atoms with Crippen molar-refractivity contribution in [3.63, 3.8) is 0 Å². The second-order valence-corrected chi connectivity index (χ2v) is 8.19. The molecule has 0 atom stereocenters. The molecule has 1 fully saturated rings. The molecule has 1 aromatic carbocycles. The average Bonchev–Trinajstić information content (AvgIpc) is 3.40. The second-order valence-electron chi connectivity index (χ2n) is 7.76. The highest BCUT2D eigenvalue weighted by Gasteiger charge is 2.42. The van der Waals surface area contributed by atoms with E-state index in [9.17, 15) is 4.79 Å². The average molecular weight is 561 g/mol. The van der Waals surface area contributed by atoms with Crippen molar-refractivity contribution in [2.45, 2.75) is 39.2 Å². The summed E-state index contributed by atoms with van der Waals surface area (Å²) in [7, 11) is 3.63. The van der Waals surface area contributed by atoms with Crippen LogP contribution in [0, 0.1) is 5.41 Å². The van der Waals surface area contributed by atoms with Crippen molar-refractivity contribution in [1.29, 1.82) is 0 Å². The third-order valence-electron chi connectivity index (χ3n) is 5.28. The number of aromatic nitrogens is 2. The van der Waals surface area contributed by atoms with Crippen LogP contribution in [-0.4, -0.2) is 54.1 Å². The van der Waals surface area contributed by atoms with Crippen molar-refractivity contribution in [2.75, 3.05) is 27.2 Å². The first-order chi connectivity index (χ1) is 14.4. The van der Waals surface area contributed by atoms with Crippen LogP contribution in [0.25, 0.3) is 11.4 Å². The standard InChI is InChI=1S/C21H29ClN6O2.HI/c1-4-23-20(25-14-21(10-5-6-11-21)19(29)28(2)3)24-13-17-26-18(27-30-17)15-8-7-9-16(22)12-15;/h7-9,12H,4-6,10-11,13-14H2,1-3H3,(H2,23,24,25);1H. The lowest BCUT2D eigenvalue weighted by atomic mass is 9.84. The van der Waals surface area contributed by atoms with Gasteiger partial charge in [-0.25, -0.2) is 4.99 Å². The zero-order chi connectivity index (χ0) is 21.6. The Labute approximate surface area is 205 Å². The summed E-state index contributed by atoms with van der Waals surface area (Å²) in [6.07, 6.45) is 3.93. The van der Waals surface area contributed by atoms with Gasteiger partial charge < -0.3 is 20.1 Å². The molecular formula is C21H30ClIN6O2. The summed E-state index contributed by atoms with van der Waals surface area (Å²) in [5, 5.41) is 11.2. The molecule has 0 radical (unpaired) electrons. The number of benzene rings is 1. The topological polar surface area (TPSA) is 95.6 Å². The van der Waals surface area contributed by atoms with Gasteiger partial charge in [-0.05, 0) is 31.9 Å². The Bertz CT molecular complexity index is 896. The Balaban J connectivity index is 0.00000341. The van der Waals surface area contributed by atoms with E-state index < -0.39 is 0 Å². The number of carbonyl (C=O) groups excluding carboxylic acids is 1. The van der Waals surface area contributed by atoms with Crippen molar-refractivity contribution in [3.05, 3.63) is 35.2 Å². The summed E-state index contributed by atoms with van der Waals surface area (Å²) in [5.74, 6) is 1.67. The van der Waals surface area contributed by atoms with E-state index in [0.29, 0.717) is 35.8 Å². The highest BCUT2D eigenvalue weighted by Crippen LogP contribution is 2.38. The Morgan fingerprint density at radius 2 is 2.03 bits per heavy atom. The molecule has 8 nitrogen and oxygen atoms in total. The quantitative estimate of drug-likeness (QED) is 0.305. The van der Waals surface area contributed by atoms with E-state index in [2.05, 4.69) is 25.8 Å². The van der Waals surface area contributed by atoms with Gasteiger partial charge >= 0.3 is 0 Å². The normalized spacial score (nSPS) is 15.3. The van der Waals surface area contributed by atoms with Crippen LogP contribution in [0.15, 0.2) is 33.8 Å². The summed E-state index contributed by atoms with van der Waals surface area (Å²) >= 11 is 6.03. The first kappa shape index (κ1) is 25.4. The van der Waals surface area contributed by atoms with E-state index in [4.69, 9.17) is 16.1 Å². The van der Waals surface area contributed by atoms with Crippen LogP contribution in [0.5, 0.6) is 0 Å². The minimum Gasteiger partial charge on any atom is -0.357 e. The van der Waals surface area contributed by atoms with Crippen LogP contribution in [0.4, 0.5) is 0 Å². The van der Waals surface area contributed by atoms with E-state index >= 15 is 0 Å². The Morgan fingerprint density at radius 3 is 2.68 bits per heavy atom. The number of aliphatic imine (C=N–C) groups is 1. The summed E-state index contributed by atoms with van der Waals surface area (Å²) in [6.45, 7) is 3.49. The summed E-state index contributed by atoms with van der Waals surface area (Å²) in [4.78, 5) is 23.4. The molecule has 0 aliphatic heterocycles. The smallest absolute Gasteiger partial charge is 0.248 e. The Morgan fingerprint density at radius 1 is 1.29 bits per heavy atom. The monoisotopic (exact) mass is 560 g/mol. The van der Waals surface area contributed by atoms with E-state index in [0.717, 1.165) is 31.2 Å². The maximum Gasteiger partial charge on any atom is 0.248 e. The van der Waals surface area contributed by atoms with Gasteiger partial charge in [-0.3, -0.25) is 4.79 Å². The van der Waals surface area contributed by atoms with Crippen LogP contribution < -0.4 is 10.6 Å².